The lowest BCUT2D eigenvalue weighted by molar-refractivity contribution is -0.117. The first-order valence-corrected chi connectivity index (χ1v) is 7.94. The van der Waals surface area contributed by atoms with Gasteiger partial charge < -0.3 is 4.74 Å². The average molecular weight is 315 g/mol. The fourth-order valence-corrected chi connectivity index (χ4v) is 3.68. The van der Waals surface area contributed by atoms with Gasteiger partial charge in [0, 0.05) is 24.8 Å². The van der Waals surface area contributed by atoms with Crippen molar-refractivity contribution >= 4 is 39.9 Å². The Labute approximate surface area is 125 Å². The Morgan fingerprint density at radius 1 is 1.55 bits per heavy atom. The van der Waals surface area contributed by atoms with Gasteiger partial charge in [-0.1, -0.05) is 11.3 Å². The fourth-order valence-electron chi connectivity index (χ4n) is 2.38. The molecule has 7 heteroatoms. The van der Waals surface area contributed by atoms with Gasteiger partial charge in [-0.25, -0.2) is 9.78 Å². The summed E-state index contributed by atoms with van der Waals surface area (Å²) >= 11 is 7.08. The van der Waals surface area contributed by atoms with Crippen molar-refractivity contribution < 1.29 is 14.3 Å². The van der Waals surface area contributed by atoms with Crippen LogP contribution in [-0.4, -0.2) is 36.4 Å². The molecule has 0 bridgehead atoms. The Hall–Kier alpha value is -1.14. The molecule has 3 rings (SSSR count). The van der Waals surface area contributed by atoms with Gasteiger partial charge in [0.25, 0.3) is 0 Å². The maximum absolute atomic E-state index is 12.0. The number of methoxy groups -OCH3 is 1. The van der Waals surface area contributed by atoms with E-state index in [4.69, 9.17) is 16.3 Å². The number of ether oxygens (including phenoxy) is 1. The van der Waals surface area contributed by atoms with E-state index in [0.717, 1.165) is 18.5 Å². The summed E-state index contributed by atoms with van der Waals surface area (Å²) in [5.74, 6) is 0.640. The molecule has 20 heavy (non-hydrogen) atoms. The second-order valence-corrected chi connectivity index (χ2v) is 6.49. The van der Waals surface area contributed by atoms with Crippen LogP contribution in [0, 0.1) is 5.92 Å². The Morgan fingerprint density at radius 2 is 2.30 bits per heavy atom. The number of carbonyl (C=O) groups is 2. The predicted molar refractivity (Wildman–Crippen MR) is 76.6 cm³/mol. The number of thiazole rings is 1. The number of amides is 1. The lowest BCUT2D eigenvalue weighted by Gasteiger charge is -2.11. The maximum Gasteiger partial charge on any atom is 0.350 e. The van der Waals surface area contributed by atoms with Crippen molar-refractivity contribution in [1.29, 1.82) is 0 Å². The minimum absolute atomic E-state index is 0.0307. The van der Waals surface area contributed by atoms with Gasteiger partial charge >= 0.3 is 5.97 Å². The molecule has 5 nitrogen and oxygen atoms in total. The van der Waals surface area contributed by atoms with Crippen molar-refractivity contribution in [2.24, 2.45) is 5.92 Å². The topological polar surface area (TPSA) is 59.5 Å². The van der Waals surface area contributed by atoms with Gasteiger partial charge in [0.15, 0.2) is 5.13 Å². The van der Waals surface area contributed by atoms with Gasteiger partial charge in [-0.05, 0) is 18.8 Å². The third-order valence-electron chi connectivity index (χ3n) is 3.63. The Morgan fingerprint density at radius 3 is 2.85 bits per heavy atom. The normalized spacial score (nSPS) is 22.4. The van der Waals surface area contributed by atoms with Crippen LogP contribution in [0.1, 0.15) is 40.5 Å². The Balaban J connectivity index is 1.90. The molecule has 0 N–H and O–H groups in total. The molecule has 1 amide bonds. The van der Waals surface area contributed by atoms with E-state index in [2.05, 4.69) is 4.98 Å². The van der Waals surface area contributed by atoms with Crippen LogP contribution in [0.5, 0.6) is 0 Å². The van der Waals surface area contributed by atoms with E-state index in [-0.39, 0.29) is 17.8 Å². The summed E-state index contributed by atoms with van der Waals surface area (Å²) in [6.45, 7) is 0.584. The molecule has 2 fully saturated rings. The van der Waals surface area contributed by atoms with Gasteiger partial charge in [0.2, 0.25) is 5.91 Å². The first-order valence-electron chi connectivity index (χ1n) is 6.59. The largest absolute Gasteiger partial charge is 0.465 e. The SMILES string of the molecule is COC(=O)c1sc(N2CC(CCl)CC2=O)nc1C1CC1. The third kappa shape index (κ3) is 2.42. The first kappa shape index (κ1) is 13.8. The van der Waals surface area contributed by atoms with E-state index in [1.54, 1.807) is 4.90 Å². The summed E-state index contributed by atoms with van der Waals surface area (Å²) in [5.41, 5.74) is 0.791. The van der Waals surface area contributed by atoms with Crippen molar-refractivity contribution in [2.45, 2.75) is 25.2 Å². The number of aromatic nitrogens is 1. The van der Waals surface area contributed by atoms with E-state index >= 15 is 0 Å². The minimum Gasteiger partial charge on any atom is -0.465 e. The fraction of sp³-hybridized carbons (Fsp3) is 0.615. The highest BCUT2D eigenvalue weighted by Gasteiger charge is 2.37. The standard InChI is InChI=1S/C13H15ClN2O3S/c1-19-12(18)11-10(8-2-3-8)15-13(20-11)16-6-7(5-14)4-9(16)17/h7-8H,2-6H2,1H3. The summed E-state index contributed by atoms with van der Waals surface area (Å²) in [7, 11) is 1.36. The predicted octanol–water partition coefficient (Wildman–Crippen LogP) is 2.40. The zero-order chi connectivity index (χ0) is 14.3. The van der Waals surface area contributed by atoms with Crippen molar-refractivity contribution in [3.05, 3.63) is 10.6 Å². The molecule has 0 aromatic carbocycles. The molecule has 2 heterocycles. The van der Waals surface area contributed by atoms with Crippen molar-refractivity contribution in [3.8, 4) is 0 Å². The zero-order valence-corrected chi connectivity index (χ0v) is 12.7. The highest BCUT2D eigenvalue weighted by molar-refractivity contribution is 7.17. The molecular weight excluding hydrogens is 300 g/mol. The lowest BCUT2D eigenvalue weighted by Crippen LogP contribution is -2.24. The van der Waals surface area contributed by atoms with E-state index in [1.165, 1.54) is 18.4 Å². The van der Waals surface area contributed by atoms with Gasteiger partial charge in [0.1, 0.15) is 4.88 Å². The Bertz CT molecular complexity index is 556. The number of alkyl halides is 1. The van der Waals surface area contributed by atoms with Gasteiger partial charge in [0.05, 0.1) is 12.8 Å². The smallest absolute Gasteiger partial charge is 0.350 e. The molecule has 1 aromatic rings. The monoisotopic (exact) mass is 314 g/mol. The number of esters is 1. The van der Waals surface area contributed by atoms with E-state index in [9.17, 15) is 9.59 Å². The maximum atomic E-state index is 12.0. The molecule has 0 spiro atoms. The van der Waals surface area contributed by atoms with Crippen molar-refractivity contribution in [3.63, 3.8) is 0 Å². The number of carbonyl (C=O) groups excluding carboxylic acids is 2. The second-order valence-electron chi connectivity index (χ2n) is 5.21. The molecule has 1 atom stereocenters. The van der Waals surface area contributed by atoms with Crippen LogP contribution >= 0.6 is 22.9 Å². The van der Waals surface area contributed by atoms with E-state index in [1.807, 2.05) is 0 Å². The van der Waals surface area contributed by atoms with Crippen LogP contribution in [0.2, 0.25) is 0 Å². The summed E-state index contributed by atoms with van der Waals surface area (Å²) in [6, 6.07) is 0. The summed E-state index contributed by atoms with van der Waals surface area (Å²) in [6.07, 6.45) is 2.55. The number of hydrogen-bond donors (Lipinski definition) is 0. The molecule has 1 saturated carbocycles. The van der Waals surface area contributed by atoms with Gasteiger partial charge in [-0.3, -0.25) is 9.69 Å². The van der Waals surface area contributed by atoms with Gasteiger partial charge in [-0.2, -0.15) is 0 Å². The lowest BCUT2D eigenvalue weighted by atomic mass is 10.2. The molecule has 108 valence electrons. The van der Waals surface area contributed by atoms with E-state index in [0.29, 0.717) is 34.8 Å². The van der Waals surface area contributed by atoms with Crippen LogP contribution in [0.4, 0.5) is 5.13 Å². The summed E-state index contributed by atoms with van der Waals surface area (Å²) in [4.78, 5) is 30.5. The minimum atomic E-state index is -0.365. The van der Waals surface area contributed by atoms with Gasteiger partial charge in [-0.15, -0.1) is 11.6 Å². The Kier molecular flexibility index (Phi) is 3.69. The highest BCUT2D eigenvalue weighted by Crippen LogP contribution is 2.45. The molecular formula is C13H15ClN2O3S. The summed E-state index contributed by atoms with van der Waals surface area (Å²) in [5, 5.41) is 0.602. The number of rotatable bonds is 4. The van der Waals surface area contributed by atoms with E-state index < -0.39 is 0 Å². The third-order valence-corrected chi connectivity index (χ3v) is 5.14. The number of anilines is 1. The highest BCUT2D eigenvalue weighted by atomic mass is 35.5. The van der Waals surface area contributed by atoms with Crippen LogP contribution in [0.15, 0.2) is 0 Å². The van der Waals surface area contributed by atoms with Crippen LogP contribution in [0.3, 0.4) is 0 Å². The average Bonchev–Trinajstić information content (AvgIpc) is 3.09. The van der Waals surface area contributed by atoms with Crippen molar-refractivity contribution in [1.82, 2.24) is 4.98 Å². The molecule has 2 aliphatic rings. The second kappa shape index (κ2) is 5.33. The van der Waals surface area contributed by atoms with Crippen LogP contribution in [0.25, 0.3) is 0 Å². The molecule has 1 aliphatic carbocycles. The number of hydrogen-bond acceptors (Lipinski definition) is 5. The molecule has 0 radical (unpaired) electrons. The van der Waals surface area contributed by atoms with Crippen LogP contribution in [-0.2, 0) is 9.53 Å². The zero-order valence-electron chi connectivity index (χ0n) is 11.1. The number of nitrogens with zero attached hydrogens (tertiary/aromatic N) is 2. The first-order chi connectivity index (χ1) is 9.63. The summed E-state index contributed by atoms with van der Waals surface area (Å²) < 4.78 is 4.81. The molecule has 1 aliphatic heterocycles. The molecule has 1 saturated heterocycles. The molecule has 1 unspecified atom stereocenters. The number of halogens is 1. The van der Waals surface area contributed by atoms with Crippen LogP contribution < -0.4 is 4.90 Å². The van der Waals surface area contributed by atoms with Crippen molar-refractivity contribution in [2.75, 3.05) is 24.4 Å². The quantitative estimate of drug-likeness (QED) is 0.632. The molecule has 1 aromatic heterocycles.